The van der Waals surface area contributed by atoms with Crippen LogP contribution in [0, 0.1) is 13.5 Å². The summed E-state index contributed by atoms with van der Waals surface area (Å²) in [4.78, 5) is 20.3. The number of thiocarbonyl (C=S) groups is 1. The molecular weight excluding hydrogens is 478 g/mol. The van der Waals surface area contributed by atoms with Gasteiger partial charge < -0.3 is 9.64 Å². The molecule has 0 aliphatic carbocycles. The quantitative estimate of drug-likeness (QED) is 0.197. The molecular formula is C28H26ClN3O2S. The fourth-order valence-corrected chi connectivity index (χ4v) is 4.98. The Bertz CT molecular complexity index is 1320. The van der Waals surface area contributed by atoms with Crippen molar-refractivity contribution in [3.8, 4) is 16.9 Å². The maximum absolute atomic E-state index is 13.2. The van der Waals surface area contributed by atoms with E-state index in [1.165, 1.54) is 0 Å². The predicted octanol–water partition coefficient (Wildman–Crippen LogP) is 7.05. The van der Waals surface area contributed by atoms with E-state index in [1.54, 1.807) is 17.0 Å². The molecule has 1 aliphatic heterocycles. The minimum atomic E-state index is -0.774. The number of hydrogen-bond acceptors (Lipinski definition) is 3. The smallest absolute Gasteiger partial charge is 0.258 e. The summed E-state index contributed by atoms with van der Waals surface area (Å²) in [6, 6.07) is 21.0. The second kappa shape index (κ2) is 10.1. The maximum atomic E-state index is 13.2. The van der Waals surface area contributed by atoms with Gasteiger partial charge in [-0.1, -0.05) is 48.0 Å². The number of ether oxygens (including phenoxy) is 1. The van der Waals surface area contributed by atoms with Crippen molar-refractivity contribution in [2.24, 2.45) is 0 Å². The molecule has 3 aromatic rings. The second-order valence-corrected chi connectivity index (χ2v) is 9.70. The molecule has 3 aromatic carbocycles. The van der Waals surface area contributed by atoms with Gasteiger partial charge >= 0.3 is 0 Å². The van der Waals surface area contributed by atoms with Gasteiger partial charge in [-0.15, -0.1) is 0 Å². The standard InChI is InChI=1S/C28H26ClN3O2S/c1-19-17-21(11-14-25(19)30-4)32-26(33)28(2,3)31(27(32)35)15-8-16-34-22-12-13-23(24(29)18-22)20-9-6-5-7-10-20/h5-7,9-14,17-18H,8,15-16H2,1-3H3. The van der Waals surface area contributed by atoms with Crippen molar-refractivity contribution < 1.29 is 9.53 Å². The third kappa shape index (κ3) is 4.88. The van der Waals surface area contributed by atoms with Crippen LogP contribution in [0.2, 0.25) is 5.02 Å². The van der Waals surface area contributed by atoms with Gasteiger partial charge in [-0.2, -0.15) is 0 Å². The van der Waals surface area contributed by atoms with E-state index in [2.05, 4.69) is 4.85 Å². The average molecular weight is 504 g/mol. The summed E-state index contributed by atoms with van der Waals surface area (Å²) in [7, 11) is 0. The zero-order valence-corrected chi connectivity index (χ0v) is 21.5. The molecule has 4 rings (SSSR count). The molecule has 0 bridgehead atoms. The van der Waals surface area contributed by atoms with Crippen LogP contribution in [0.15, 0.2) is 66.7 Å². The molecule has 0 saturated carbocycles. The van der Waals surface area contributed by atoms with Gasteiger partial charge in [0.25, 0.3) is 5.91 Å². The van der Waals surface area contributed by atoms with Crippen LogP contribution in [0.1, 0.15) is 25.8 Å². The fraction of sp³-hybridized carbons (Fsp3) is 0.250. The fourth-order valence-electron chi connectivity index (χ4n) is 4.19. The van der Waals surface area contributed by atoms with E-state index < -0.39 is 5.54 Å². The topological polar surface area (TPSA) is 37.1 Å². The molecule has 35 heavy (non-hydrogen) atoms. The minimum Gasteiger partial charge on any atom is -0.493 e. The highest BCUT2D eigenvalue weighted by Crippen LogP contribution is 2.35. The molecule has 1 aliphatic rings. The number of benzene rings is 3. The van der Waals surface area contributed by atoms with Gasteiger partial charge in [0.15, 0.2) is 10.8 Å². The third-order valence-electron chi connectivity index (χ3n) is 6.20. The lowest BCUT2D eigenvalue weighted by Crippen LogP contribution is -2.44. The Morgan fingerprint density at radius 2 is 1.83 bits per heavy atom. The van der Waals surface area contributed by atoms with E-state index in [0.29, 0.717) is 46.8 Å². The van der Waals surface area contributed by atoms with Gasteiger partial charge in [0.2, 0.25) is 0 Å². The first-order valence-electron chi connectivity index (χ1n) is 11.4. The van der Waals surface area contributed by atoms with Crippen molar-refractivity contribution in [1.29, 1.82) is 0 Å². The number of carbonyl (C=O) groups excluding carboxylic acids is 1. The van der Waals surface area contributed by atoms with Crippen LogP contribution < -0.4 is 9.64 Å². The van der Waals surface area contributed by atoms with Crippen molar-refractivity contribution >= 4 is 46.2 Å². The number of aryl methyl sites for hydroxylation is 1. The van der Waals surface area contributed by atoms with Gasteiger partial charge in [-0.25, -0.2) is 4.85 Å². The first-order chi connectivity index (χ1) is 16.7. The predicted molar refractivity (Wildman–Crippen MR) is 145 cm³/mol. The van der Waals surface area contributed by atoms with Gasteiger partial charge in [0, 0.05) is 17.8 Å². The zero-order valence-electron chi connectivity index (χ0n) is 19.9. The normalized spacial score (nSPS) is 14.8. The monoisotopic (exact) mass is 503 g/mol. The van der Waals surface area contributed by atoms with Crippen molar-refractivity contribution in [3.63, 3.8) is 0 Å². The molecule has 0 N–H and O–H groups in total. The molecule has 1 heterocycles. The number of hydrogen-bond donors (Lipinski definition) is 0. The van der Waals surface area contributed by atoms with Gasteiger partial charge in [0.05, 0.1) is 18.2 Å². The van der Waals surface area contributed by atoms with Crippen LogP contribution in [0.25, 0.3) is 16.0 Å². The van der Waals surface area contributed by atoms with Crippen molar-refractivity contribution in [1.82, 2.24) is 4.90 Å². The number of anilines is 1. The summed E-state index contributed by atoms with van der Waals surface area (Å²) >= 11 is 12.2. The molecule has 1 amide bonds. The first kappa shape index (κ1) is 24.7. The minimum absolute atomic E-state index is 0.0818. The van der Waals surface area contributed by atoms with E-state index in [4.69, 9.17) is 35.1 Å². The highest BCUT2D eigenvalue weighted by Gasteiger charge is 2.49. The Balaban J connectivity index is 1.39. The molecule has 1 saturated heterocycles. The van der Waals surface area contributed by atoms with Crippen LogP contribution in [0.5, 0.6) is 5.75 Å². The van der Waals surface area contributed by atoms with Crippen LogP contribution in [0.3, 0.4) is 0 Å². The maximum Gasteiger partial charge on any atom is 0.258 e. The summed E-state index contributed by atoms with van der Waals surface area (Å²) in [6.45, 7) is 13.9. The molecule has 5 nitrogen and oxygen atoms in total. The summed E-state index contributed by atoms with van der Waals surface area (Å²) in [5, 5.41) is 1.10. The van der Waals surface area contributed by atoms with Crippen molar-refractivity contribution in [3.05, 3.63) is 88.7 Å². The summed E-state index contributed by atoms with van der Waals surface area (Å²) in [6.07, 6.45) is 0.679. The Kier molecular flexibility index (Phi) is 7.11. The van der Waals surface area contributed by atoms with E-state index in [-0.39, 0.29) is 5.91 Å². The molecule has 178 valence electrons. The highest BCUT2D eigenvalue weighted by molar-refractivity contribution is 7.80. The number of rotatable bonds is 7. The van der Waals surface area contributed by atoms with E-state index in [0.717, 1.165) is 16.7 Å². The number of carbonyl (C=O) groups is 1. The van der Waals surface area contributed by atoms with E-state index in [1.807, 2.05) is 80.3 Å². The van der Waals surface area contributed by atoms with Crippen molar-refractivity contribution in [2.45, 2.75) is 32.7 Å². The van der Waals surface area contributed by atoms with Crippen LogP contribution in [-0.4, -0.2) is 34.6 Å². The summed E-state index contributed by atoms with van der Waals surface area (Å²) in [5.74, 6) is 0.618. The SMILES string of the molecule is [C-]#[N+]c1ccc(N2C(=O)C(C)(C)N(CCCOc3ccc(-c4ccccc4)c(Cl)c3)C2=S)cc1C. The Labute approximate surface area is 216 Å². The lowest BCUT2D eigenvalue weighted by atomic mass is 10.0. The molecule has 1 fully saturated rings. The van der Waals surface area contributed by atoms with Crippen LogP contribution >= 0.6 is 23.8 Å². The van der Waals surface area contributed by atoms with Gasteiger partial charge in [-0.05, 0) is 80.9 Å². The number of halogens is 1. The average Bonchev–Trinajstić information content (AvgIpc) is 3.01. The van der Waals surface area contributed by atoms with Crippen molar-refractivity contribution in [2.75, 3.05) is 18.1 Å². The lowest BCUT2D eigenvalue weighted by molar-refractivity contribution is -0.123. The largest absolute Gasteiger partial charge is 0.493 e. The van der Waals surface area contributed by atoms with Gasteiger partial charge in [-0.3, -0.25) is 9.69 Å². The van der Waals surface area contributed by atoms with Crippen LogP contribution in [-0.2, 0) is 4.79 Å². The Morgan fingerprint density at radius 1 is 1.09 bits per heavy atom. The summed E-state index contributed by atoms with van der Waals surface area (Å²) < 4.78 is 5.94. The second-order valence-electron chi connectivity index (χ2n) is 8.93. The highest BCUT2D eigenvalue weighted by atomic mass is 35.5. The third-order valence-corrected chi connectivity index (χ3v) is 6.92. The Morgan fingerprint density at radius 3 is 2.49 bits per heavy atom. The molecule has 0 aromatic heterocycles. The van der Waals surface area contributed by atoms with Crippen LogP contribution in [0.4, 0.5) is 11.4 Å². The molecule has 0 unspecified atom stereocenters. The zero-order chi connectivity index (χ0) is 25.2. The molecule has 0 atom stereocenters. The Hall–Kier alpha value is -3.40. The first-order valence-corrected chi connectivity index (χ1v) is 12.1. The molecule has 0 radical (unpaired) electrons. The number of nitrogens with zero attached hydrogens (tertiary/aromatic N) is 3. The van der Waals surface area contributed by atoms with E-state index >= 15 is 0 Å². The molecule has 7 heteroatoms. The van der Waals surface area contributed by atoms with Gasteiger partial charge in [0.1, 0.15) is 11.3 Å². The molecule has 0 spiro atoms. The lowest BCUT2D eigenvalue weighted by Gasteiger charge is -2.29. The van der Waals surface area contributed by atoms with E-state index in [9.17, 15) is 4.79 Å². The summed E-state index contributed by atoms with van der Waals surface area (Å²) in [5.41, 5.74) is 3.31. The number of amides is 1.